The zero-order valence-corrected chi connectivity index (χ0v) is 42.8. The van der Waals surface area contributed by atoms with Crippen LogP contribution in [0, 0.1) is 0 Å². The fourth-order valence-corrected chi connectivity index (χ4v) is 7.79. The molecule has 0 aromatic rings. The summed E-state index contributed by atoms with van der Waals surface area (Å²) in [5.74, 6) is -0.411. The van der Waals surface area contributed by atoms with Crippen molar-refractivity contribution in [1.82, 2.24) is 0 Å². The van der Waals surface area contributed by atoms with Gasteiger partial charge in [-0.2, -0.15) is 0 Å². The fraction of sp³-hybridized carbons (Fsp3) is 0.797. The van der Waals surface area contributed by atoms with E-state index in [1.807, 2.05) is 0 Å². The van der Waals surface area contributed by atoms with E-state index in [0.717, 1.165) is 70.6 Å². The molecule has 0 heterocycles. The highest BCUT2D eigenvalue weighted by Crippen LogP contribution is 2.15. The molecule has 5 nitrogen and oxygen atoms in total. The van der Waals surface area contributed by atoms with Crippen LogP contribution < -0.4 is 0 Å². The van der Waals surface area contributed by atoms with Crippen molar-refractivity contribution in [1.29, 1.82) is 0 Å². The molecule has 372 valence electrons. The van der Waals surface area contributed by atoms with Crippen molar-refractivity contribution in [2.45, 2.75) is 284 Å². The lowest BCUT2D eigenvalue weighted by molar-refractivity contribution is -0.163. The predicted molar refractivity (Wildman–Crippen MR) is 279 cm³/mol. The van der Waals surface area contributed by atoms with Crippen molar-refractivity contribution in [3.8, 4) is 0 Å². The summed E-state index contributed by atoms with van der Waals surface area (Å²) in [5, 5.41) is 0. The van der Waals surface area contributed by atoms with Gasteiger partial charge in [-0.05, 0) is 103 Å². The maximum absolute atomic E-state index is 12.8. The van der Waals surface area contributed by atoms with Crippen LogP contribution in [-0.4, -0.2) is 37.9 Å². The zero-order valence-electron chi connectivity index (χ0n) is 42.8. The number of rotatable bonds is 51. The average molecular weight is 895 g/mol. The van der Waals surface area contributed by atoms with Crippen LogP contribution in [0.15, 0.2) is 60.8 Å². The molecule has 0 fully saturated rings. The van der Waals surface area contributed by atoms with Gasteiger partial charge in [0, 0.05) is 19.4 Å². The third-order valence-electron chi connectivity index (χ3n) is 12.0. The van der Waals surface area contributed by atoms with Crippen LogP contribution in [0.4, 0.5) is 0 Å². The Hall–Kier alpha value is -2.40. The van der Waals surface area contributed by atoms with Gasteiger partial charge in [-0.1, -0.05) is 223 Å². The van der Waals surface area contributed by atoms with E-state index in [9.17, 15) is 9.59 Å². The third-order valence-corrected chi connectivity index (χ3v) is 12.0. The normalized spacial score (nSPS) is 12.6. The van der Waals surface area contributed by atoms with Gasteiger partial charge in [0.05, 0.1) is 6.61 Å². The summed E-state index contributed by atoms with van der Waals surface area (Å²) in [7, 11) is 0. The summed E-state index contributed by atoms with van der Waals surface area (Å²) < 4.78 is 17.4. The van der Waals surface area contributed by atoms with Crippen molar-refractivity contribution >= 4 is 11.9 Å². The monoisotopic (exact) mass is 895 g/mol. The largest absolute Gasteiger partial charge is 0.462 e. The summed E-state index contributed by atoms with van der Waals surface area (Å²) >= 11 is 0. The van der Waals surface area contributed by atoms with Crippen molar-refractivity contribution in [2.75, 3.05) is 19.8 Å². The molecule has 0 N–H and O–H groups in total. The quantitative estimate of drug-likeness (QED) is 0.0346. The molecule has 0 amide bonds. The molecular weight excluding hydrogens is 789 g/mol. The van der Waals surface area contributed by atoms with E-state index in [1.165, 1.54) is 173 Å². The molecule has 0 aliphatic rings. The molecule has 0 bridgehead atoms. The lowest BCUT2D eigenvalue weighted by Gasteiger charge is -2.18. The zero-order chi connectivity index (χ0) is 46.3. The van der Waals surface area contributed by atoms with Crippen molar-refractivity contribution < 1.29 is 23.8 Å². The minimum atomic E-state index is -0.545. The predicted octanol–water partition coefficient (Wildman–Crippen LogP) is 18.9. The van der Waals surface area contributed by atoms with E-state index >= 15 is 0 Å². The Morgan fingerprint density at radius 3 is 1.09 bits per heavy atom. The Balaban J connectivity index is 4.22. The molecule has 0 aliphatic heterocycles. The lowest BCUT2D eigenvalue weighted by atomic mass is 10.1. The van der Waals surface area contributed by atoms with Gasteiger partial charge in [-0.25, -0.2) is 0 Å². The van der Waals surface area contributed by atoms with Crippen molar-refractivity contribution in [2.24, 2.45) is 0 Å². The standard InChI is InChI=1S/C59H106O5/c1-4-7-10-13-16-19-22-24-26-28-29-30-32-34-36-39-42-45-48-51-54-62-55-57(64-59(61)53-50-47-44-41-37-21-18-15-12-9-6-3)56-63-58(60)52-49-46-43-40-38-35-33-31-27-25-23-20-17-14-11-8-5-2/h15-20,24-27,57H,4-14,21-23,28-56H2,1-3H3/b18-15-,19-16-,20-17-,26-24-,27-25-. The first-order valence-corrected chi connectivity index (χ1v) is 27.8. The molecule has 0 aromatic carbocycles. The minimum Gasteiger partial charge on any atom is -0.462 e. The van der Waals surface area contributed by atoms with Gasteiger partial charge in [-0.3, -0.25) is 9.59 Å². The summed E-state index contributed by atoms with van der Waals surface area (Å²) in [4.78, 5) is 25.4. The molecule has 0 spiro atoms. The lowest BCUT2D eigenvalue weighted by Crippen LogP contribution is -2.30. The Kier molecular flexibility index (Phi) is 52.9. The maximum atomic E-state index is 12.8. The molecule has 5 heteroatoms. The van der Waals surface area contributed by atoms with Gasteiger partial charge >= 0.3 is 11.9 Å². The topological polar surface area (TPSA) is 61.8 Å². The van der Waals surface area contributed by atoms with Crippen LogP contribution in [-0.2, 0) is 23.8 Å². The van der Waals surface area contributed by atoms with E-state index in [0.29, 0.717) is 19.4 Å². The number of carbonyl (C=O) groups excluding carboxylic acids is 2. The fourth-order valence-electron chi connectivity index (χ4n) is 7.79. The van der Waals surface area contributed by atoms with Gasteiger partial charge in [0.15, 0.2) is 6.10 Å². The number of esters is 2. The molecule has 0 rings (SSSR count). The van der Waals surface area contributed by atoms with Gasteiger partial charge in [0.25, 0.3) is 0 Å². The van der Waals surface area contributed by atoms with E-state index < -0.39 is 6.10 Å². The van der Waals surface area contributed by atoms with E-state index in [4.69, 9.17) is 14.2 Å². The minimum absolute atomic E-state index is 0.0770. The van der Waals surface area contributed by atoms with Crippen LogP contribution >= 0.6 is 0 Å². The van der Waals surface area contributed by atoms with Gasteiger partial charge in [0.1, 0.15) is 6.61 Å². The second-order valence-electron chi connectivity index (χ2n) is 18.5. The van der Waals surface area contributed by atoms with Crippen molar-refractivity contribution in [3.05, 3.63) is 60.8 Å². The molecule has 1 unspecified atom stereocenters. The molecular formula is C59H106O5. The van der Waals surface area contributed by atoms with Crippen LogP contribution in [0.3, 0.4) is 0 Å². The van der Waals surface area contributed by atoms with Crippen LogP contribution in [0.2, 0.25) is 0 Å². The highest BCUT2D eigenvalue weighted by Gasteiger charge is 2.17. The first-order chi connectivity index (χ1) is 31.6. The number of hydrogen-bond donors (Lipinski definition) is 0. The number of carbonyl (C=O) groups is 2. The van der Waals surface area contributed by atoms with Crippen LogP contribution in [0.1, 0.15) is 278 Å². The van der Waals surface area contributed by atoms with Gasteiger partial charge in [0.2, 0.25) is 0 Å². The Labute approximate surface area is 398 Å². The second-order valence-corrected chi connectivity index (χ2v) is 18.5. The summed E-state index contributed by atoms with van der Waals surface area (Å²) in [6.07, 6.45) is 69.5. The molecule has 0 radical (unpaired) electrons. The Bertz CT molecular complexity index is 1100. The number of unbranched alkanes of at least 4 members (excludes halogenated alkanes) is 30. The van der Waals surface area contributed by atoms with Gasteiger partial charge < -0.3 is 14.2 Å². The number of ether oxygens (including phenoxy) is 3. The van der Waals surface area contributed by atoms with E-state index in [1.54, 1.807) is 0 Å². The molecule has 1 atom stereocenters. The second kappa shape index (κ2) is 54.9. The first-order valence-electron chi connectivity index (χ1n) is 27.8. The summed E-state index contributed by atoms with van der Waals surface area (Å²) in [6, 6.07) is 0. The Morgan fingerprint density at radius 2 is 0.672 bits per heavy atom. The average Bonchev–Trinajstić information content (AvgIpc) is 3.30. The van der Waals surface area contributed by atoms with Crippen LogP contribution in [0.5, 0.6) is 0 Å². The number of hydrogen-bond acceptors (Lipinski definition) is 5. The highest BCUT2D eigenvalue weighted by molar-refractivity contribution is 5.70. The maximum Gasteiger partial charge on any atom is 0.306 e. The molecule has 0 saturated heterocycles. The Morgan fingerprint density at radius 1 is 0.344 bits per heavy atom. The molecule has 0 aromatic heterocycles. The van der Waals surface area contributed by atoms with E-state index in [-0.39, 0.29) is 25.2 Å². The van der Waals surface area contributed by atoms with Crippen LogP contribution in [0.25, 0.3) is 0 Å². The summed E-state index contributed by atoms with van der Waals surface area (Å²) in [5.41, 5.74) is 0. The molecule has 0 aliphatic carbocycles. The highest BCUT2D eigenvalue weighted by atomic mass is 16.6. The number of allylic oxidation sites excluding steroid dienone is 10. The third kappa shape index (κ3) is 52.2. The first kappa shape index (κ1) is 61.6. The smallest absolute Gasteiger partial charge is 0.306 e. The van der Waals surface area contributed by atoms with Gasteiger partial charge in [-0.15, -0.1) is 0 Å². The molecule has 0 saturated carbocycles. The SMILES string of the molecule is CCCC/C=C\CCCCCCCC(=O)OC(COCCCCCCCCCCCC/C=C\C/C=C\CCCCC)COC(=O)CCCCCCCCC/C=C\C/C=C\CCCCC. The molecule has 64 heavy (non-hydrogen) atoms. The van der Waals surface area contributed by atoms with E-state index in [2.05, 4.69) is 81.5 Å². The summed E-state index contributed by atoms with van der Waals surface area (Å²) in [6.45, 7) is 7.75. The van der Waals surface area contributed by atoms with Crippen molar-refractivity contribution in [3.63, 3.8) is 0 Å².